The van der Waals surface area contributed by atoms with Crippen LogP contribution in [-0.2, 0) is 93.0 Å². The molecule has 0 aromatic heterocycles. The van der Waals surface area contributed by atoms with Crippen LogP contribution in [0.3, 0.4) is 0 Å². The standard InChI is InChI=1S/C80H120N12O21S2/c1-5-6-7-8-9-10-11-12-13-14-15-16-17-18-19-26-54(94)38-50-39-63-76(109)85-56(29-32-65(81)96)72(105)87-59-46-114-44-51-24-20-21-25-52(51)45-115-47-60(74(107)86-58(37-48(2)3)79(112)91-36-23-28-62(91)80(113)92(63)43-50)88-71(104)55(30-33-67(98)99)83-66(97)42-82-77(110)70(49(4)93)89-73(106)57(31-34-68(100)101)84-75(108)61-27-22-35-90(61)78(111)53(40-64(59)95)41-69(102)103/h12-13,20-21,24-25,48-50,53,55-63,70,93H,5-11,14-19,22-23,26-47H2,1-4H3,(H2,81,96)(H,82,110)(H,83,97)(H,84,108)(H,85,109)(H,86,107)(H,87,105)(H,88,104)(H,89,106)(H,98,99)(H,100,101)(H,102,103)/b13-12-/t49-,50+,53-,55+,56+,57+,58+,59+,60+,61-,62-,63+,70+/m1/s1. The smallest absolute Gasteiger partial charge is 0.304 e. The Labute approximate surface area is 680 Å². The number of nitrogens with one attached hydrogen (secondary N) is 8. The summed E-state index contributed by atoms with van der Waals surface area (Å²) in [6.07, 6.45) is 11.4. The zero-order valence-corrected chi connectivity index (χ0v) is 68.3. The monoisotopic (exact) mass is 1650 g/mol. The molecule has 0 radical (unpaired) electrons. The number of aliphatic hydroxyl groups excluding tert-OH is 1. The average Bonchev–Trinajstić information content (AvgIpc) is 1.63. The number of primary amides is 1. The molecule has 0 spiro atoms. The third-order valence-electron chi connectivity index (χ3n) is 21.3. The van der Waals surface area contributed by atoms with Gasteiger partial charge in [-0.2, -0.15) is 23.5 Å². The normalized spacial score (nSPS) is 25.7. The van der Waals surface area contributed by atoms with E-state index in [1.54, 1.807) is 38.1 Å². The maximum Gasteiger partial charge on any atom is 0.304 e. The predicted octanol–water partition coefficient (Wildman–Crippen LogP) is 3.36. The lowest BCUT2D eigenvalue weighted by molar-refractivity contribution is -0.148. The summed E-state index contributed by atoms with van der Waals surface area (Å²) in [7, 11) is 0. The number of rotatable bonds is 31. The van der Waals surface area contributed by atoms with E-state index in [0.29, 0.717) is 17.5 Å². The van der Waals surface area contributed by atoms with E-state index in [-0.39, 0.29) is 106 Å². The second-order valence-corrected chi connectivity index (χ2v) is 33.3. The van der Waals surface area contributed by atoms with Crippen molar-refractivity contribution < 1.29 is 102 Å². The number of unbranched alkanes of at least 4 members (excludes halogenated alkanes) is 11. The molecule has 0 saturated carbocycles. The third-order valence-corrected chi connectivity index (χ3v) is 23.5. The van der Waals surface area contributed by atoms with Crippen molar-refractivity contribution in [2.24, 2.45) is 23.5 Å². The molecular formula is C80H120N12O21S2. The minimum absolute atomic E-state index is 0.00116. The van der Waals surface area contributed by atoms with Crippen LogP contribution in [0.25, 0.3) is 0 Å². The molecule has 2 bridgehead atoms. The molecule has 13 atom stereocenters. The van der Waals surface area contributed by atoms with Crippen LogP contribution in [0.2, 0.25) is 0 Å². The number of carboxylic acid groups (broad SMARTS) is 3. The lowest BCUT2D eigenvalue weighted by Gasteiger charge is -2.34. The zero-order chi connectivity index (χ0) is 84.3. The van der Waals surface area contributed by atoms with E-state index in [1.807, 2.05) is 0 Å². The van der Waals surface area contributed by atoms with Gasteiger partial charge in [-0.05, 0) is 120 Å². The number of fused-ring (bicyclic) bond motifs is 9. The summed E-state index contributed by atoms with van der Waals surface area (Å²) in [6, 6.07) is -8.92. The van der Waals surface area contributed by atoms with Crippen LogP contribution in [0.4, 0.5) is 0 Å². The molecule has 6 rings (SSSR count). The van der Waals surface area contributed by atoms with Crippen LogP contribution in [-0.4, -0.2) is 240 Å². The fourth-order valence-electron chi connectivity index (χ4n) is 15.1. The van der Waals surface area contributed by atoms with E-state index in [9.17, 15) is 73.2 Å². The van der Waals surface area contributed by atoms with E-state index in [1.165, 1.54) is 48.3 Å². The molecule has 0 aliphatic carbocycles. The van der Waals surface area contributed by atoms with Gasteiger partial charge >= 0.3 is 17.9 Å². The van der Waals surface area contributed by atoms with Crippen molar-refractivity contribution in [3.8, 4) is 0 Å². The molecule has 33 nitrogen and oxygen atoms in total. The fraction of sp³-hybridized carbons (Fsp3) is 0.688. The van der Waals surface area contributed by atoms with Gasteiger partial charge < -0.3 is 83.4 Å². The number of nitrogens with zero attached hydrogens (tertiary/aromatic N) is 3. The van der Waals surface area contributed by atoms with Crippen molar-refractivity contribution in [1.29, 1.82) is 0 Å². The summed E-state index contributed by atoms with van der Waals surface area (Å²) < 4.78 is 0. The second kappa shape index (κ2) is 49.2. The van der Waals surface area contributed by atoms with Crippen molar-refractivity contribution >= 4 is 124 Å². The number of carbonyl (C=O) groups is 17. The summed E-state index contributed by atoms with van der Waals surface area (Å²) in [5.41, 5.74) is 6.98. The van der Waals surface area contributed by atoms with Crippen LogP contribution in [0.1, 0.15) is 225 Å². The number of allylic oxidation sites excluding steroid dienone is 2. The van der Waals surface area contributed by atoms with E-state index < -0.39 is 231 Å². The van der Waals surface area contributed by atoms with Crippen LogP contribution in [0, 0.1) is 17.8 Å². The maximum absolute atomic E-state index is 15.5. The summed E-state index contributed by atoms with van der Waals surface area (Å²) in [5.74, 6) is -20.3. The first kappa shape index (κ1) is 94.9. The highest BCUT2D eigenvalue weighted by Crippen LogP contribution is 2.33. The first-order chi connectivity index (χ1) is 54.8. The second-order valence-electron chi connectivity index (χ2n) is 31.2. The van der Waals surface area contributed by atoms with Gasteiger partial charge in [0.25, 0.3) is 0 Å². The molecule has 1 aromatic rings. The van der Waals surface area contributed by atoms with Crippen molar-refractivity contribution in [2.45, 2.75) is 292 Å². The number of aliphatic carboxylic acids is 3. The van der Waals surface area contributed by atoms with Crippen molar-refractivity contribution in [3.63, 3.8) is 0 Å². The van der Waals surface area contributed by atoms with Gasteiger partial charge in [-0.3, -0.25) is 81.5 Å². The first-order valence-corrected chi connectivity index (χ1v) is 43.0. The van der Waals surface area contributed by atoms with Crippen molar-refractivity contribution in [3.05, 3.63) is 47.5 Å². The van der Waals surface area contributed by atoms with Gasteiger partial charge in [-0.25, -0.2) is 0 Å². The number of aliphatic hydroxyl groups is 1. The Bertz CT molecular complexity index is 3600. The Morgan fingerprint density at radius 3 is 1.61 bits per heavy atom. The van der Waals surface area contributed by atoms with E-state index in [2.05, 4.69) is 61.6 Å². The van der Waals surface area contributed by atoms with E-state index >= 15 is 28.8 Å². The molecular weight excluding hydrogens is 1530 g/mol. The molecule has 14 N–H and O–H groups in total. The molecule has 115 heavy (non-hydrogen) atoms. The molecule has 3 saturated heterocycles. The number of nitrogens with two attached hydrogens (primary N) is 1. The SMILES string of the molecule is CCCCCCCC/C=C\CCCCCCCC(=O)C[C@H]1C[C@H]2C(=O)N[C@@H](CCC(N)=O)C(=O)N[C@H]3CSCc4ccccc4CSC[C@H](NC(=O)[C@H](CCC(=O)O)NC(=O)CNC(=O)[C@H]([C@@H](C)O)NC(=O)[C@H](CCC(=O)O)NC(=O)[C@H]4CCCN4C(=O)[C@@H](CC(=O)O)CC3=O)C(=O)N[C@@H](CC(C)C)C(=O)N3CCC[C@@H]3C(=O)N2C1. The first-order valence-electron chi connectivity index (χ1n) is 40.7. The fourth-order valence-corrected chi connectivity index (χ4v) is 17.3. The number of Topliss-reactive ketones (excluding diaryl/α,β-unsaturated/α-hetero) is 2. The van der Waals surface area contributed by atoms with Crippen LogP contribution in [0.5, 0.6) is 0 Å². The summed E-state index contributed by atoms with van der Waals surface area (Å²) in [5, 5.41) is 60.9. The number of carboxylic acids is 3. The average molecular weight is 1650 g/mol. The molecule has 5 aliphatic rings. The Hall–Kier alpha value is -8.99. The predicted molar refractivity (Wildman–Crippen MR) is 426 cm³/mol. The highest BCUT2D eigenvalue weighted by molar-refractivity contribution is 7.99. The van der Waals surface area contributed by atoms with Crippen LogP contribution < -0.4 is 48.3 Å². The van der Waals surface area contributed by atoms with Gasteiger partial charge in [0.05, 0.1) is 31.0 Å². The number of amides is 12. The van der Waals surface area contributed by atoms with Gasteiger partial charge in [0, 0.05) is 81.2 Å². The summed E-state index contributed by atoms with van der Waals surface area (Å²) in [4.78, 5) is 245. The Balaban J connectivity index is 1.44. The lowest BCUT2D eigenvalue weighted by Crippen LogP contribution is -2.60. The van der Waals surface area contributed by atoms with Gasteiger partial charge in [0.2, 0.25) is 70.9 Å². The zero-order valence-electron chi connectivity index (χ0n) is 66.7. The third kappa shape index (κ3) is 31.9. The number of hydrogen-bond acceptors (Lipinski definition) is 20. The molecule has 35 heteroatoms. The van der Waals surface area contributed by atoms with Gasteiger partial charge in [0.15, 0.2) is 5.78 Å². The van der Waals surface area contributed by atoms with Crippen molar-refractivity contribution in [1.82, 2.24) is 57.2 Å². The summed E-state index contributed by atoms with van der Waals surface area (Å²) in [6.45, 7) is 5.53. The number of ketones is 2. The maximum atomic E-state index is 15.5. The van der Waals surface area contributed by atoms with Gasteiger partial charge in [-0.15, -0.1) is 0 Å². The van der Waals surface area contributed by atoms with Gasteiger partial charge in [-0.1, -0.05) is 109 Å². The quantitative estimate of drug-likeness (QED) is 0.0374. The summed E-state index contributed by atoms with van der Waals surface area (Å²) >= 11 is 2.23. The van der Waals surface area contributed by atoms with E-state index in [0.717, 1.165) is 73.9 Å². The number of thioether (sulfide) groups is 2. The Morgan fingerprint density at radius 2 is 1.04 bits per heavy atom. The topological polar surface area (TPSA) is 503 Å². The van der Waals surface area contributed by atoms with Crippen LogP contribution >= 0.6 is 23.5 Å². The Kier molecular flexibility index (Phi) is 40.6. The highest BCUT2D eigenvalue weighted by atomic mass is 32.2. The molecule has 5 heterocycles. The minimum Gasteiger partial charge on any atom is -0.481 e. The van der Waals surface area contributed by atoms with Gasteiger partial charge in [0.1, 0.15) is 60.2 Å². The molecule has 0 unspecified atom stereocenters. The number of benzene rings is 1. The lowest BCUT2D eigenvalue weighted by atomic mass is 9.93. The molecule has 1 aromatic carbocycles. The molecule has 5 aliphatic heterocycles. The molecule has 638 valence electrons. The molecule has 12 amide bonds. The number of carbonyl (C=O) groups excluding carboxylic acids is 14. The largest absolute Gasteiger partial charge is 0.481 e. The van der Waals surface area contributed by atoms with Crippen LogP contribution in [0.15, 0.2) is 36.4 Å². The highest BCUT2D eigenvalue weighted by Gasteiger charge is 2.48. The Morgan fingerprint density at radius 1 is 0.530 bits per heavy atom. The van der Waals surface area contributed by atoms with E-state index in [4.69, 9.17) is 5.73 Å². The number of hydrogen-bond donors (Lipinski definition) is 13. The molecule has 3 fully saturated rings. The van der Waals surface area contributed by atoms with Crippen molar-refractivity contribution in [2.75, 3.05) is 37.7 Å². The minimum atomic E-state index is -1.93.